The highest BCUT2D eigenvalue weighted by atomic mass is 32.7. The van der Waals surface area contributed by atoms with Gasteiger partial charge < -0.3 is 13.8 Å². The molecule has 0 unspecified atom stereocenters. The van der Waals surface area contributed by atoms with Crippen molar-refractivity contribution in [2.24, 2.45) is 0 Å². The number of hydrogen-bond donors (Lipinski definition) is 0. The summed E-state index contributed by atoms with van der Waals surface area (Å²) in [6.45, 7) is 7.46. The van der Waals surface area contributed by atoms with Crippen molar-refractivity contribution < 1.29 is 18.6 Å². The molecule has 6 heteroatoms. The third kappa shape index (κ3) is 36.1. The second kappa shape index (κ2) is 44.1. The third-order valence-electron chi connectivity index (χ3n) is 12.5. The number of esters is 1. The van der Waals surface area contributed by atoms with Crippen molar-refractivity contribution in [1.29, 1.82) is 0 Å². The normalized spacial score (nSPS) is 11.4. The van der Waals surface area contributed by atoms with Gasteiger partial charge in [-0.25, -0.2) is 0 Å². The van der Waals surface area contributed by atoms with Crippen LogP contribution in [-0.4, -0.2) is 18.3 Å². The first kappa shape index (κ1) is 57.4. The molecule has 0 amide bonds. The van der Waals surface area contributed by atoms with Crippen LogP contribution in [-0.2, 0) is 22.4 Å². The lowest BCUT2D eigenvalue weighted by Crippen LogP contribution is -2.05. The molecule has 0 saturated carbocycles. The number of unbranched alkanes of at least 4 members (excludes halogenated alkanes) is 32. The van der Waals surface area contributed by atoms with Gasteiger partial charge in [0.2, 0.25) is 0 Å². The van der Waals surface area contributed by atoms with E-state index in [2.05, 4.69) is 69.3 Å². The average Bonchev–Trinajstić information content (AvgIpc) is 3.29. The molecule has 2 aromatic carbocycles. The molecule has 0 heterocycles. The van der Waals surface area contributed by atoms with E-state index in [9.17, 15) is 4.79 Å². The van der Waals surface area contributed by atoms with Crippen LogP contribution in [0, 0.1) is 0 Å². The van der Waals surface area contributed by atoms with Gasteiger partial charge in [-0.05, 0) is 91.7 Å². The largest absolute Gasteiger partial charge is 0.466 e. The molecular weight excluding hydrogens is 812 g/mol. The Labute approximate surface area is 396 Å². The summed E-state index contributed by atoms with van der Waals surface area (Å²) in [4.78, 5) is 12.1. The summed E-state index contributed by atoms with van der Waals surface area (Å²) in [5, 5.41) is 0. The van der Waals surface area contributed by atoms with Gasteiger partial charge in [-0.15, -0.1) is 0 Å². The topological polar surface area (TPSA) is 44.8 Å². The fourth-order valence-electron chi connectivity index (χ4n) is 8.46. The second-order valence-electron chi connectivity index (χ2n) is 18.7. The zero-order valence-corrected chi connectivity index (χ0v) is 43.3. The molecule has 0 fully saturated rings. The summed E-state index contributed by atoms with van der Waals surface area (Å²) in [6, 6.07) is 17.6. The second-order valence-corrected chi connectivity index (χ2v) is 21.8. The molecule has 0 aliphatic carbocycles. The average molecular weight is 911 g/mol. The van der Waals surface area contributed by atoms with Crippen molar-refractivity contribution >= 4 is 24.9 Å². The van der Waals surface area contributed by atoms with Crippen LogP contribution < -0.4 is 9.05 Å². The smallest absolute Gasteiger partial charge is 0.360 e. The maximum Gasteiger partial charge on any atom is 0.360 e. The van der Waals surface area contributed by atoms with E-state index in [0.717, 1.165) is 49.4 Å². The van der Waals surface area contributed by atoms with Gasteiger partial charge in [0.1, 0.15) is 11.5 Å². The molecule has 0 radical (unpaired) electrons. The Morgan fingerprint density at radius 3 is 1.19 bits per heavy atom. The fourth-order valence-corrected chi connectivity index (χ4v) is 11.3. The van der Waals surface area contributed by atoms with Gasteiger partial charge in [0, 0.05) is 12.2 Å². The molecule has 0 spiro atoms. The lowest BCUT2D eigenvalue weighted by Gasteiger charge is -2.19. The molecular formula is C57H99O4PS. The van der Waals surface area contributed by atoms with E-state index in [1.165, 1.54) is 223 Å². The van der Waals surface area contributed by atoms with Crippen LogP contribution in [0.5, 0.6) is 11.5 Å². The third-order valence-corrected chi connectivity index (χ3v) is 15.6. The van der Waals surface area contributed by atoms with Gasteiger partial charge in [-0.3, -0.25) is 4.79 Å². The van der Waals surface area contributed by atoms with Crippen LogP contribution in [0.15, 0.2) is 48.5 Å². The minimum absolute atomic E-state index is 0.00244. The van der Waals surface area contributed by atoms with Gasteiger partial charge >= 0.3 is 13.5 Å². The molecule has 2 rings (SSSR count). The summed E-state index contributed by atoms with van der Waals surface area (Å²) in [5.74, 6) is 2.94. The van der Waals surface area contributed by atoms with E-state index in [4.69, 9.17) is 13.8 Å². The van der Waals surface area contributed by atoms with Crippen LogP contribution in [0.4, 0.5) is 0 Å². The predicted molar refractivity (Wildman–Crippen MR) is 280 cm³/mol. The highest BCUT2D eigenvalue weighted by molar-refractivity contribution is 8.53. The molecule has 63 heavy (non-hydrogen) atoms. The van der Waals surface area contributed by atoms with Crippen molar-refractivity contribution in [3.05, 3.63) is 59.7 Å². The van der Waals surface area contributed by atoms with Crippen LogP contribution in [0.1, 0.15) is 269 Å². The Bertz CT molecular complexity index is 1220. The first-order chi connectivity index (χ1) is 31.1. The number of rotatable bonds is 47. The maximum atomic E-state index is 12.1. The number of carbonyl (C=O) groups is 1. The molecule has 0 aliphatic heterocycles. The van der Waals surface area contributed by atoms with Crippen molar-refractivity contribution in [2.45, 2.75) is 271 Å². The lowest BCUT2D eigenvalue weighted by atomic mass is 10.0. The standard InChI is InChI=1S/C57H99O4PS/c1-4-7-10-13-16-20-25-30-35-42-53-44-40-46-55(51-53)60-62(61-56-47-41-45-54(52-56)43-36-31-26-21-17-14-11-8-5-2)63-50-39-34-29-24-19-22-27-32-37-48-57(58)59-49-38-33-28-23-18-15-12-9-6-3/h40-41,44-47,51-52H,4-39,42-43,48-50H2,1-3H3. The van der Waals surface area contributed by atoms with Crippen LogP contribution in [0.25, 0.3) is 0 Å². The number of aryl methyl sites for hydroxylation is 2. The van der Waals surface area contributed by atoms with Gasteiger partial charge in [-0.1, -0.05) is 244 Å². The van der Waals surface area contributed by atoms with Crippen molar-refractivity contribution in [3.8, 4) is 11.5 Å². The minimum atomic E-state index is -1.16. The van der Waals surface area contributed by atoms with Gasteiger partial charge in [0.15, 0.2) is 0 Å². The van der Waals surface area contributed by atoms with Gasteiger partial charge in [0.25, 0.3) is 0 Å². The molecule has 0 atom stereocenters. The first-order valence-corrected chi connectivity index (χ1v) is 30.0. The Kier molecular flexibility index (Phi) is 40.2. The maximum absolute atomic E-state index is 12.1. The summed E-state index contributed by atoms with van der Waals surface area (Å²) in [7, 11) is -1.16. The van der Waals surface area contributed by atoms with E-state index < -0.39 is 7.58 Å². The van der Waals surface area contributed by atoms with Crippen molar-refractivity contribution in [2.75, 3.05) is 12.4 Å². The number of benzene rings is 2. The summed E-state index contributed by atoms with van der Waals surface area (Å²) < 4.78 is 18.9. The fraction of sp³-hybridized carbons (Fsp3) is 0.772. The lowest BCUT2D eigenvalue weighted by molar-refractivity contribution is -0.143. The molecule has 0 saturated heterocycles. The van der Waals surface area contributed by atoms with Crippen LogP contribution in [0.3, 0.4) is 0 Å². The molecule has 2 aromatic rings. The zero-order valence-electron chi connectivity index (χ0n) is 41.6. The molecule has 362 valence electrons. The minimum Gasteiger partial charge on any atom is -0.466 e. The molecule has 4 nitrogen and oxygen atoms in total. The Balaban J connectivity index is 1.68. The van der Waals surface area contributed by atoms with E-state index in [0.29, 0.717) is 13.0 Å². The summed E-state index contributed by atoms with van der Waals surface area (Å²) in [6.07, 6.45) is 49.8. The Hall–Kier alpha value is -1.71. The van der Waals surface area contributed by atoms with Crippen molar-refractivity contribution in [1.82, 2.24) is 0 Å². The first-order valence-electron chi connectivity index (χ1n) is 27.3. The summed E-state index contributed by atoms with van der Waals surface area (Å²) >= 11 is 1.86. The van der Waals surface area contributed by atoms with Crippen molar-refractivity contribution in [3.63, 3.8) is 0 Å². The van der Waals surface area contributed by atoms with Crippen LogP contribution in [0.2, 0.25) is 0 Å². The van der Waals surface area contributed by atoms with Crippen LogP contribution >= 0.6 is 19.0 Å². The number of hydrogen-bond acceptors (Lipinski definition) is 5. The van der Waals surface area contributed by atoms with E-state index in [1.807, 2.05) is 11.4 Å². The zero-order chi connectivity index (χ0) is 44.9. The molecule has 0 N–H and O–H groups in total. The van der Waals surface area contributed by atoms with Gasteiger partial charge in [0.05, 0.1) is 6.61 Å². The van der Waals surface area contributed by atoms with E-state index in [-0.39, 0.29) is 5.97 Å². The van der Waals surface area contributed by atoms with E-state index >= 15 is 0 Å². The molecule has 0 aromatic heterocycles. The Morgan fingerprint density at radius 2 is 0.778 bits per heavy atom. The molecule has 0 bridgehead atoms. The summed E-state index contributed by atoms with van der Waals surface area (Å²) in [5.41, 5.74) is 2.75. The number of carbonyl (C=O) groups excluding carboxylic acids is 1. The predicted octanol–water partition coefficient (Wildman–Crippen LogP) is 20.2. The Morgan fingerprint density at radius 1 is 0.429 bits per heavy atom. The monoisotopic (exact) mass is 911 g/mol. The number of ether oxygens (including phenoxy) is 1. The quantitative estimate of drug-likeness (QED) is 0.0376. The highest BCUT2D eigenvalue weighted by Crippen LogP contribution is 2.52. The molecule has 0 aliphatic rings. The highest BCUT2D eigenvalue weighted by Gasteiger charge is 2.17. The van der Waals surface area contributed by atoms with E-state index in [1.54, 1.807) is 0 Å². The van der Waals surface area contributed by atoms with Gasteiger partial charge in [-0.2, -0.15) is 0 Å². The SMILES string of the molecule is CCCCCCCCCCCOC(=O)CCCCCCCCCCCSP(Oc1cccc(CCCCCCCCCCC)c1)Oc1cccc(CCCCCCCCCCC)c1.